The molecule has 1 aliphatic rings. The number of carbonyl (C=O) groups is 1. The van der Waals surface area contributed by atoms with Crippen LogP contribution in [0.15, 0.2) is 66.1 Å². The van der Waals surface area contributed by atoms with Gasteiger partial charge in [-0.05, 0) is 55.2 Å². The molecule has 0 unspecified atom stereocenters. The Balaban J connectivity index is 1.26. The topological polar surface area (TPSA) is 51.0 Å². The summed E-state index contributed by atoms with van der Waals surface area (Å²) < 4.78 is 1.99. The number of rotatable bonds is 8. The Hall–Kier alpha value is -2.60. The highest BCUT2D eigenvalue weighted by Crippen LogP contribution is 2.25. The molecule has 3 aromatic rings. The minimum Gasteiger partial charge on any atom is -0.342 e. The van der Waals surface area contributed by atoms with Crippen LogP contribution in [0, 0.1) is 5.92 Å². The number of aryl methyl sites for hydroxylation is 2. The average molecular weight is 435 g/mol. The van der Waals surface area contributed by atoms with Crippen molar-refractivity contribution in [3.63, 3.8) is 0 Å². The maximum absolute atomic E-state index is 12.8. The van der Waals surface area contributed by atoms with E-state index in [0.29, 0.717) is 11.7 Å². The van der Waals surface area contributed by atoms with Gasteiger partial charge in [0.2, 0.25) is 5.91 Å². The molecule has 0 N–H and O–H groups in total. The van der Waals surface area contributed by atoms with Gasteiger partial charge in [-0.3, -0.25) is 9.36 Å². The van der Waals surface area contributed by atoms with Crippen LogP contribution in [0.1, 0.15) is 37.3 Å². The maximum atomic E-state index is 12.8. The van der Waals surface area contributed by atoms with Crippen molar-refractivity contribution in [3.05, 3.63) is 72.1 Å². The molecule has 1 aromatic heterocycles. The van der Waals surface area contributed by atoms with Crippen molar-refractivity contribution in [1.82, 2.24) is 19.7 Å². The molecule has 2 aromatic carbocycles. The van der Waals surface area contributed by atoms with E-state index in [-0.39, 0.29) is 5.91 Å². The summed E-state index contributed by atoms with van der Waals surface area (Å²) in [5, 5.41) is 9.11. The Morgan fingerprint density at radius 2 is 1.81 bits per heavy atom. The highest BCUT2D eigenvalue weighted by atomic mass is 32.2. The van der Waals surface area contributed by atoms with Crippen LogP contribution < -0.4 is 0 Å². The first-order valence-electron chi connectivity index (χ1n) is 11.2. The fourth-order valence-electron chi connectivity index (χ4n) is 4.24. The van der Waals surface area contributed by atoms with Gasteiger partial charge in [0.15, 0.2) is 5.16 Å². The molecule has 6 heteroatoms. The molecular weight excluding hydrogens is 404 g/mol. The number of benzene rings is 2. The van der Waals surface area contributed by atoms with E-state index in [1.807, 2.05) is 21.6 Å². The van der Waals surface area contributed by atoms with Crippen molar-refractivity contribution in [1.29, 1.82) is 0 Å². The number of amides is 1. The maximum Gasteiger partial charge on any atom is 0.233 e. The van der Waals surface area contributed by atoms with E-state index < -0.39 is 0 Å². The van der Waals surface area contributed by atoms with Crippen LogP contribution in [-0.4, -0.2) is 44.4 Å². The SMILES string of the molecule is CCc1ccccc1-n1cnnc1SCC(=O)N1CCC(CCc2ccccc2)CC1. The van der Waals surface area contributed by atoms with Crippen LogP contribution in [-0.2, 0) is 17.6 Å². The van der Waals surface area contributed by atoms with E-state index in [9.17, 15) is 4.79 Å². The minimum atomic E-state index is 0.199. The van der Waals surface area contributed by atoms with Crippen molar-refractivity contribution in [2.24, 2.45) is 5.92 Å². The number of nitrogens with zero attached hydrogens (tertiary/aromatic N) is 4. The Morgan fingerprint density at radius 3 is 2.58 bits per heavy atom. The van der Waals surface area contributed by atoms with Crippen LogP contribution in [0.4, 0.5) is 0 Å². The van der Waals surface area contributed by atoms with Crippen molar-refractivity contribution >= 4 is 17.7 Å². The van der Waals surface area contributed by atoms with Gasteiger partial charge >= 0.3 is 0 Å². The normalized spacial score (nSPS) is 14.7. The molecule has 2 heterocycles. The lowest BCUT2D eigenvalue weighted by molar-refractivity contribution is -0.129. The van der Waals surface area contributed by atoms with Gasteiger partial charge in [-0.25, -0.2) is 0 Å². The van der Waals surface area contributed by atoms with E-state index in [1.54, 1.807) is 6.33 Å². The van der Waals surface area contributed by atoms with Gasteiger partial charge in [0.25, 0.3) is 0 Å². The number of thioether (sulfide) groups is 1. The van der Waals surface area contributed by atoms with Gasteiger partial charge < -0.3 is 4.90 Å². The quantitative estimate of drug-likeness (QED) is 0.478. The number of hydrogen-bond donors (Lipinski definition) is 0. The van der Waals surface area contributed by atoms with E-state index in [4.69, 9.17) is 0 Å². The summed E-state index contributed by atoms with van der Waals surface area (Å²) in [6.45, 7) is 3.87. The zero-order valence-corrected chi connectivity index (χ0v) is 18.9. The molecule has 4 rings (SSSR count). The van der Waals surface area contributed by atoms with Crippen molar-refractivity contribution < 1.29 is 4.79 Å². The van der Waals surface area contributed by atoms with Gasteiger partial charge in [0.1, 0.15) is 6.33 Å². The van der Waals surface area contributed by atoms with E-state index >= 15 is 0 Å². The first kappa shape index (κ1) is 21.6. The van der Waals surface area contributed by atoms with Crippen molar-refractivity contribution in [3.8, 4) is 5.69 Å². The number of carbonyl (C=O) groups excluding carboxylic acids is 1. The number of likely N-dealkylation sites (tertiary alicyclic amines) is 1. The molecule has 162 valence electrons. The summed E-state index contributed by atoms with van der Waals surface area (Å²) in [6.07, 6.45) is 7.22. The minimum absolute atomic E-state index is 0.199. The van der Waals surface area contributed by atoms with Crippen molar-refractivity contribution in [2.45, 2.75) is 44.2 Å². The molecule has 5 nitrogen and oxygen atoms in total. The number of aromatic nitrogens is 3. The largest absolute Gasteiger partial charge is 0.342 e. The zero-order valence-electron chi connectivity index (χ0n) is 18.1. The molecule has 0 aliphatic carbocycles. The third-order valence-corrected chi connectivity index (χ3v) is 7.05. The Kier molecular flexibility index (Phi) is 7.41. The van der Waals surface area contributed by atoms with Gasteiger partial charge in [0, 0.05) is 13.1 Å². The fraction of sp³-hybridized carbons (Fsp3) is 0.400. The highest BCUT2D eigenvalue weighted by Gasteiger charge is 2.23. The summed E-state index contributed by atoms with van der Waals surface area (Å²) >= 11 is 1.48. The van der Waals surface area contributed by atoms with Gasteiger partial charge in [0.05, 0.1) is 11.4 Å². The van der Waals surface area contributed by atoms with Crippen molar-refractivity contribution in [2.75, 3.05) is 18.8 Å². The zero-order chi connectivity index (χ0) is 21.5. The van der Waals surface area contributed by atoms with E-state index in [1.165, 1.54) is 29.3 Å². The summed E-state index contributed by atoms with van der Waals surface area (Å²) in [7, 11) is 0. The van der Waals surface area contributed by atoms with Crippen LogP contribution in [0.5, 0.6) is 0 Å². The second kappa shape index (κ2) is 10.6. The lowest BCUT2D eigenvalue weighted by Gasteiger charge is -2.32. The fourth-order valence-corrected chi connectivity index (χ4v) is 5.06. The predicted molar refractivity (Wildman–Crippen MR) is 126 cm³/mol. The molecule has 0 radical (unpaired) electrons. The van der Waals surface area contributed by atoms with E-state index in [0.717, 1.165) is 49.6 Å². The molecule has 0 spiro atoms. The average Bonchev–Trinajstić information content (AvgIpc) is 3.30. The molecule has 1 amide bonds. The molecule has 0 atom stereocenters. The molecule has 1 aliphatic heterocycles. The van der Waals surface area contributed by atoms with Crippen LogP contribution in [0.3, 0.4) is 0 Å². The predicted octanol–water partition coefficient (Wildman–Crippen LogP) is 4.79. The second-order valence-corrected chi connectivity index (χ2v) is 9.05. The summed E-state index contributed by atoms with van der Waals surface area (Å²) in [5.74, 6) is 1.32. The number of piperidine rings is 1. The summed E-state index contributed by atoms with van der Waals surface area (Å²) in [4.78, 5) is 14.8. The molecule has 1 fully saturated rings. The molecule has 0 saturated carbocycles. The third-order valence-electron chi connectivity index (χ3n) is 6.12. The van der Waals surface area contributed by atoms with E-state index in [2.05, 4.69) is 59.6 Å². The smallest absolute Gasteiger partial charge is 0.233 e. The monoisotopic (exact) mass is 434 g/mol. The second-order valence-electron chi connectivity index (χ2n) is 8.10. The Morgan fingerprint density at radius 1 is 1.06 bits per heavy atom. The lowest BCUT2D eigenvalue weighted by atomic mass is 9.90. The van der Waals surface area contributed by atoms with Crippen LogP contribution in [0.2, 0.25) is 0 Å². The third kappa shape index (κ3) is 5.56. The molecule has 1 saturated heterocycles. The molecule has 0 bridgehead atoms. The summed E-state index contributed by atoms with van der Waals surface area (Å²) in [6, 6.07) is 19.0. The molecular formula is C25H30N4OS. The summed E-state index contributed by atoms with van der Waals surface area (Å²) in [5.41, 5.74) is 3.74. The first-order chi connectivity index (χ1) is 15.2. The molecule has 31 heavy (non-hydrogen) atoms. The van der Waals surface area contributed by atoms with Crippen LogP contribution >= 0.6 is 11.8 Å². The Labute approximate surface area is 188 Å². The van der Waals surface area contributed by atoms with Crippen LogP contribution in [0.25, 0.3) is 5.69 Å². The Bertz CT molecular complexity index is 980. The first-order valence-corrected chi connectivity index (χ1v) is 12.2. The lowest BCUT2D eigenvalue weighted by Crippen LogP contribution is -2.39. The van der Waals surface area contributed by atoms with Gasteiger partial charge in [-0.2, -0.15) is 0 Å². The highest BCUT2D eigenvalue weighted by molar-refractivity contribution is 7.99. The number of hydrogen-bond acceptors (Lipinski definition) is 4. The van der Waals surface area contributed by atoms with Gasteiger partial charge in [-0.15, -0.1) is 10.2 Å². The number of para-hydroxylation sites is 1. The van der Waals surface area contributed by atoms with Gasteiger partial charge in [-0.1, -0.05) is 67.2 Å². The standard InChI is InChI=1S/C25H30N4OS/c1-2-22-10-6-7-11-23(22)29-19-26-27-25(29)31-18-24(30)28-16-14-21(15-17-28)13-12-20-8-4-3-5-9-20/h3-11,19,21H,2,12-18H2,1H3.